The summed E-state index contributed by atoms with van der Waals surface area (Å²) in [6.45, 7) is 0. The molecule has 0 atom stereocenters. The smallest absolute Gasteiger partial charge is 0.258 e. The van der Waals surface area contributed by atoms with E-state index in [1.807, 2.05) is 5.43 Å². The minimum atomic E-state index is -0.965. The second kappa shape index (κ2) is 6.23. The van der Waals surface area contributed by atoms with Crippen LogP contribution in [0.15, 0.2) is 24.3 Å². The van der Waals surface area contributed by atoms with Gasteiger partial charge in [-0.25, -0.2) is 14.6 Å². The van der Waals surface area contributed by atoms with E-state index in [0.29, 0.717) is 17.6 Å². The van der Waals surface area contributed by atoms with Crippen molar-refractivity contribution in [1.29, 1.82) is 0 Å². The number of hydrogen-bond acceptors (Lipinski definition) is 6. The summed E-state index contributed by atoms with van der Waals surface area (Å²) in [6.07, 6.45) is 0. The molecule has 0 spiro atoms. The number of methoxy groups -OCH3 is 2. The highest BCUT2D eigenvalue weighted by atomic mass is 19.1. The van der Waals surface area contributed by atoms with Gasteiger partial charge in [0.2, 0.25) is 0 Å². The van der Waals surface area contributed by atoms with Crippen molar-refractivity contribution >= 4 is 5.82 Å². The fourth-order valence-corrected chi connectivity index (χ4v) is 1.57. The number of benzene rings is 1. The summed E-state index contributed by atoms with van der Waals surface area (Å²) in [5.74, 6) is 3.54. The van der Waals surface area contributed by atoms with Gasteiger partial charge in [-0.05, 0) is 0 Å². The molecule has 0 bridgehead atoms. The van der Waals surface area contributed by atoms with Gasteiger partial charge in [0.15, 0.2) is 17.5 Å². The minimum Gasteiger partial charge on any atom is -0.496 e. The molecule has 0 amide bonds. The van der Waals surface area contributed by atoms with E-state index < -0.39 is 17.5 Å². The maximum Gasteiger partial charge on any atom is 0.258 e. The van der Waals surface area contributed by atoms with Gasteiger partial charge in [-0.15, -0.1) is 0 Å². The SMILES string of the molecule is COc1cc(OC)cc(Oc2nc(NN)c(F)cc2F)c1. The van der Waals surface area contributed by atoms with Crippen LogP contribution in [-0.2, 0) is 0 Å². The molecule has 0 unspecified atom stereocenters. The third-order valence-electron chi connectivity index (χ3n) is 2.57. The van der Waals surface area contributed by atoms with Gasteiger partial charge in [0.1, 0.15) is 17.2 Å². The monoisotopic (exact) mass is 297 g/mol. The highest BCUT2D eigenvalue weighted by molar-refractivity contribution is 5.45. The Balaban J connectivity index is 2.37. The number of hydrogen-bond donors (Lipinski definition) is 2. The largest absolute Gasteiger partial charge is 0.496 e. The van der Waals surface area contributed by atoms with Gasteiger partial charge >= 0.3 is 0 Å². The summed E-state index contributed by atoms with van der Waals surface area (Å²) >= 11 is 0. The lowest BCUT2D eigenvalue weighted by Crippen LogP contribution is -2.11. The number of pyridine rings is 1. The number of halogens is 2. The number of nitrogens with one attached hydrogen (secondary N) is 1. The molecule has 1 aromatic carbocycles. The molecule has 0 saturated heterocycles. The van der Waals surface area contributed by atoms with Crippen molar-refractivity contribution in [2.75, 3.05) is 19.6 Å². The van der Waals surface area contributed by atoms with Gasteiger partial charge in [-0.3, -0.25) is 0 Å². The van der Waals surface area contributed by atoms with Gasteiger partial charge in [-0.2, -0.15) is 4.98 Å². The Bertz CT molecular complexity index is 631. The van der Waals surface area contributed by atoms with Crippen LogP contribution in [0.2, 0.25) is 0 Å². The first kappa shape index (κ1) is 14.8. The zero-order valence-corrected chi connectivity index (χ0v) is 11.3. The molecule has 3 N–H and O–H groups in total. The molecular weight excluding hydrogens is 284 g/mol. The number of nitrogen functional groups attached to an aromatic ring is 1. The number of nitrogens with two attached hydrogens (primary N) is 1. The second-order valence-corrected chi connectivity index (χ2v) is 3.90. The molecule has 6 nitrogen and oxygen atoms in total. The molecule has 0 aliphatic heterocycles. The maximum absolute atomic E-state index is 13.7. The number of nitrogens with zero attached hydrogens (tertiary/aromatic N) is 1. The Hall–Kier alpha value is -2.61. The van der Waals surface area contributed by atoms with Crippen molar-refractivity contribution in [1.82, 2.24) is 4.98 Å². The summed E-state index contributed by atoms with van der Waals surface area (Å²) in [5.41, 5.74) is 2.01. The lowest BCUT2D eigenvalue weighted by Gasteiger charge is -2.11. The number of aromatic nitrogens is 1. The molecule has 0 aliphatic rings. The average molecular weight is 297 g/mol. The molecule has 2 rings (SSSR count). The number of rotatable bonds is 5. The van der Waals surface area contributed by atoms with Crippen molar-refractivity contribution in [3.05, 3.63) is 35.9 Å². The van der Waals surface area contributed by atoms with E-state index in [2.05, 4.69) is 4.98 Å². The van der Waals surface area contributed by atoms with Crippen LogP contribution >= 0.6 is 0 Å². The molecule has 0 fully saturated rings. The third kappa shape index (κ3) is 3.29. The van der Waals surface area contributed by atoms with E-state index in [0.717, 1.165) is 0 Å². The lowest BCUT2D eigenvalue weighted by molar-refractivity contribution is 0.379. The van der Waals surface area contributed by atoms with E-state index in [1.165, 1.54) is 26.4 Å². The van der Waals surface area contributed by atoms with Crippen molar-refractivity contribution < 1.29 is 23.0 Å². The van der Waals surface area contributed by atoms with Crippen LogP contribution in [0.4, 0.5) is 14.6 Å². The van der Waals surface area contributed by atoms with Crippen molar-refractivity contribution in [2.24, 2.45) is 5.84 Å². The molecule has 0 saturated carbocycles. The van der Waals surface area contributed by atoms with Crippen LogP contribution in [0.25, 0.3) is 0 Å². The Morgan fingerprint density at radius 1 is 0.952 bits per heavy atom. The van der Waals surface area contributed by atoms with Crippen molar-refractivity contribution in [2.45, 2.75) is 0 Å². The highest BCUT2D eigenvalue weighted by Crippen LogP contribution is 2.31. The van der Waals surface area contributed by atoms with Crippen LogP contribution in [0.3, 0.4) is 0 Å². The number of anilines is 1. The number of ether oxygens (including phenoxy) is 3. The minimum absolute atomic E-state index is 0.215. The predicted octanol–water partition coefficient (Wildman–Crippen LogP) is 2.45. The summed E-state index contributed by atoms with van der Waals surface area (Å²) in [6, 6.07) is 5.24. The van der Waals surface area contributed by atoms with Gasteiger partial charge in [0, 0.05) is 24.3 Å². The van der Waals surface area contributed by atoms with Crippen LogP contribution in [-0.4, -0.2) is 19.2 Å². The summed E-state index contributed by atoms with van der Waals surface area (Å²) < 4.78 is 42.3. The summed E-state index contributed by atoms with van der Waals surface area (Å²) in [7, 11) is 2.93. The standard InChI is InChI=1S/C13H13F2N3O3/c1-19-7-3-8(20-2)5-9(4-7)21-13-11(15)6-10(14)12(17-13)18-16/h3-6H,16H2,1-2H3,(H,17,18). The predicted molar refractivity (Wildman–Crippen MR) is 71.6 cm³/mol. The first-order valence-corrected chi connectivity index (χ1v) is 5.81. The topological polar surface area (TPSA) is 78.6 Å². The Kier molecular flexibility index (Phi) is 4.39. The second-order valence-electron chi connectivity index (χ2n) is 3.90. The molecule has 8 heteroatoms. The Morgan fingerprint density at radius 3 is 2.05 bits per heavy atom. The molecule has 112 valence electrons. The Labute approximate surface area is 119 Å². The molecular formula is C13H13F2N3O3. The van der Waals surface area contributed by atoms with Crippen LogP contribution in [0.1, 0.15) is 0 Å². The molecule has 21 heavy (non-hydrogen) atoms. The number of hydrazine groups is 1. The molecule has 0 aliphatic carbocycles. The first-order chi connectivity index (χ1) is 10.1. The summed E-state index contributed by atoms with van der Waals surface area (Å²) in [5, 5.41) is 0. The zero-order valence-electron chi connectivity index (χ0n) is 11.3. The zero-order chi connectivity index (χ0) is 15.4. The van der Waals surface area contributed by atoms with Gasteiger partial charge in [0.05, 0.1) is 14.2 Å². The van der Waals surface area contributed by atoms with Crippen LogP contribution < -0.4 is 25.5 Å². The first-order valence-electron chi connectivity index (χ1n) is 5.81. The normalized spacial score (nSPS) is 10.1. The summed E-state index contributed by atoms with van der Waals surface area (Å²) in [4.78, 5) is 3.61. The Morgan fingerprint density at radius 2 is 1.52 bits per heavy atom. The average Bonchev–Trinajstić information content (AvgIpc) is 2.49. The van der Waals surface area contributed by atoms with Gasteiger partial charge < -0.3 is 19.6 Å². The van der Waals surface area contributed by atoms with Gasteiger partial charge in [0.25, 0.3) is 5.88 Å². The van der Waals surface area contributed by atoms with E-state index in [9.17, 15) is 8.78 Å². The fourth-order valence-electron chi connectivity index (χ4n) is 1.57. The fraction of sp³-hybridized carbons (Fsp3) is 0.154. The van der Waals surface area contributed by atoms with E-state index in [4.69, 9.17) is 20.1 Å². The molecule has 2 aromatic rings. The van der Waals surface area contributed by atoms with Crippen LogP contribution in [0.5, 0.6) is 23.1 Å². The maximum atomic E-state index is 13.7. The van der Waals surface area contributed by atoms with E-state index in [1.54, 1.807) is 6.07 Å². The molecule has 0 radical (unpaired) electrons. The highest BCUT2D eigenvalue weighted by Gasteiger charge is 2.14. The van der Waals surface area contributed by atoms with E-state index in [-0.39, 0.29) is 11.6 Å². The van der Waals surface area contributed by atoms with Crippen molar-refractivity contribution in [3.8, 4) is 23.1 Å². The van der Waals surface area contributed by atoms with Crippen LogP contribution in [0, 0.1) is 11.6 Å². The van der Waals surface area contributed by atoms with Gasteiger partial charge in [-0.1, -0.05) is 0 Å². The van der Waals surface area contributed by atoms with E-state index >= 15 is 0 Å². The lowest BCUT2D eigenvalue weighted by atomic mass is 10.3. The molecule has 1 heterocycles. The quantitative estimate of drug-likeness (QED) is 0.652. The third-order valence-corrected chi connectivity index (χ3v) is 2.57. The van der Waals surface area contributed by atoms with Crippen molar-refractivity contribution in [3.63, 3.8) is 0 Å². The molecule has 1 aromatic heterocycles.